The Morgan fingerprint density at radius 2 is 2.15 bits per heavy atom. The largest absolute Gasteiger partial charge is 0.497 e. The zero-order valence-corrected chi connectivity index (χ0v) is 11.8. The topological polar surface area (TPSA) is 66.8 Å². The van der Waals surface area contributed by atoms with Gasteiger partial charge in [0.15, 0.2) is 0 Å². The first kappa shape index (κ1) is 14.4. The van der Waals surface area contributed by atoms with E-state index in [0.29, 0.717) is 24.3 Å². The van der Waals surface area contributed by atoms with Gasteiger partial charge in [0.05, 0.1) is 7.11 Å². The summed E-state index contributed by atoms with van der Waals surface area (Å²) in [7, 11) is 1.56. The highest BCUT2D eigenvalue weighted by Gasteiger charge is 2.38. The van der Waals surface area contributed by atoms with Crippen LogP contribution < -0.4 is 4.74 Å². The second-order valence-corrected chi connectivity index (χ2v) is 4.96. The van der Waals surface area contributed by atoms with E-state index in [2.05, 4.69) is 6.92 Å². The van der Waals surface area contributed by atoms with Crippen LogP contribution in [-0.2, 0) is 11.2 Å². The van der Waals surface area contributed by atoms with Gasteiger partial charge in [-0.3, -0.25) is 4.79 Å². The maximum atomic E-state index is 12.4. The number of likely N-dealkylation sites (tertiary alicyclic amines) is 1. The highest BCUT2D eigenvalue weighted by Crippen LogP contribution is 2.24. The number of rotatable bonds is 5. The maximum Gasteiger partial charge on any atom is 0.326 e. The number of amides is 1. The molecule has 1 heterocycles. The zero-order valence-electron chi connectivity index (χ0n) is 11.8. The van der Waals surface area contributed by atoms with Crippen molar-refractivity contribution >= 4 is 11.9 Å². The third kappa shape index (κ3) is 2.76. The van der Waals surface area contributed by atoms with Crippen molar-refractivity contribution in [2.45, 2.75) is 32.2 Å². The van der Waals surface area contributed by atoms with Crippen LogP contribution in [0.5, 0.6) is 5.75 Å². The lowest BCUT2D eigenvalue weighted by Crippen LogP contribution is -2.55. The molecule has 0 radical (unpaired) electrons. The Bertz CT molecular complexity index is 527. The lowest BCUT2D eigenvalue weighted by Gasteiger charge is -2.38. The number of ether oxygens (including phenoxy) is 1. The highest BCUT2D eigenvalue weighted by atomic mass is 16.5. The first-order valence-corrected chi connectivity index (χ1v) is 6.78. The fourth-order valence-electron chi connectivity index (χ4n) is 2.39. The molecule has 1 aliphatic rings. The molecule has 1 saturated heterocycles. The fraction of sp³-hybridized carbons (Fsp3) is 0.467. The van der Waals surface area contributed by atoms with Gasteiger partial charge < -0.3 is 14.7 Å². The summed E-state index contributed by atoms with van der Waals surface area (Å²) < 4.78 is 5.21. The van der Waals surface area contributed by atoms with E-state index in [0.717, 1.165) is 18.4 Å². The van der Waals surface area contributed by atoms with E-state index < -0.39 is 12.0 Å². The molecule has 5 heteroatoms. The van der Waals surface area contributed by atoms with Gasteiger partial charge in [-0.2, -0.15) is 0 Å². The summed E-state index contributed by atoms with van der Waals surface area (Å²) in [6.07, 6.45) is 2.36. The third-order valence-electron chi connectivity index (χ3n) is 3.55. The van der Waals surface area contributed by atoms with Crippen molar-refractivity contribution in [3.8, 4) is 5.75 Å². The smallest absolute Gasteiger partial charge is 0.326 e. The van der Waals surface area contributed by atoms with Crippen LogP contribution in [-0.4, -0.2) is 41.6 Å². The van der Waals surface area contributed by atoms with E-state index in [9.17, 15) is 9.59 Å². The predicted octanol–water partition coefficient (Wildman–Crippen LogP) is 1.95. The first-order chi connectivity index (χ1) is 9.56. The molecule has 108 valence electrons. The molecule has 0 aromatic heterocycles. The van der Waals surface area contributed by atoms with E-state index in [1.807, 2.05) is 12.1 Å². The van der Waals surface area contributed by atoms with Gasteiger partial charge in [0, 0.05) is 12.1 Å². The quantitative estimate of drug-likeness (QED) is 0.893. The van der Waals surface area contributed by atoms with Crippen molar-refractivity contribution in [2.24, 2.45) is 0 Å². The standard InChI is InChI=1S/C15H19NO4/c1-3-4-10-7-11(9-12(8-10)20-2)14(17)16-6-5-13(16)15(18)19/h7-9,13H,3-6H2,1-2H3,(H,18,19)/t13-/m1/s1. The van der Waals surface area contributed by atoms with E-state index in [1.54, 1.807) is 13.2 Å². The minimum Gasteiger partial charge on any atom is -0.497 e. The molecule has 2 rings (SSSR count). The minimum absolute atomic E-state index is 0.236. The molecule has 0 spiro atoms. The fourth-order valence-corrected chi connectivity index (χ4v) is 2.39. The summed E-state index contributed by atoms with van der Waals surface area (Å²) in [4.78, 5) is 24.8. The van der Waals surface area contributed by atoms with E-state index in [1.165, 1.54) is 4.90 Å². The van der Waals surface area contributed by atoms with Gasteiger partial charge >= 0.3 is 5.97 Å². The summed E-state index contributed by atoms with van der Waals surface area (Å²) >= 11 is 0. The highest BCUT2D eigenvalue weighted by molar-refractivity contribution is 5.98. The third-order valence-corrected chi connectivity index (χ3v) is 3.55. The lowest BCUT2D eigenvalue weighted by atomic mass is 9.99. The van der Waals surface area contributed by atoms with Crippen LogP contribution in [0.3, 0.4) is 0 Å². The van der Waals surface area contributed by atoms with Crippen molar-refractivity contribution in [3.05, 3.63) is 29.3 Å². The SMILES string of the molecule is CCCc1cc(OC)cc(C(=O)N2CC[C@@H]2C(=O)O)c1. The summed E-state index contributed by atoms with van der Waals surface area (Å²) in [5, 5.41) is 9.02. The number of carboxylic acids is 1. The number of methoxy groups -OCH3 is 1. The number of nitrogens with zero attached hydrogens (tertiary/aromatic N) is 1. The van der Waals surface area contributed by atoms with Gasteiger partial charge in [0.2, 0.25) is 0 Å². The number of carbonyl (C=O) groups is 2. The van der Waals surface area contributed by atoms with Crippen LogP contribution in [0.1, 0.15) is 35.7 Å². The van der Waals surface area contributed by atoms with Crippen molar-refractivity contribution in [1.29, 1.82) is 0 Å². The monoisotopic (exact) mass is 277 g/mol. The van der Waals surface area contributed by atoms with Crippen LogP contribution in [0.25, 0.3) is 0 Å². The van der Waals surface area contributed by atoms with E-state index in [4.69, 9.17) is 9.84 Å². The van der Waals surface area contributed by atoms with Crippen LogP contribution in [0.4, 0.5) is 0 Å². The first-order valence-electron chi connectivity index (χ1n) is 6.78. The molecular weight excluding hydrogens is 258 g/mol. The molecule has 0 aliphatic carbocycles. The summed E-state index contributed by atoms with van der Waals surface area (Å²) in [6.45, 7) is 2.56. The molecule has 1 fully saturated rings. The molecule has 0 bridgehead atoms. The van der Waals surface area contributed by atoms with Crippen molar-refractivity contribution in [1.82, 2.24) is 4.90 Å². The maximum absolute atomic E-state index is 12.4. The number of carbonyl (C=O) groups excluding carboxylic acids is 1. The second kappa shape index (κ2) is 5.94. The van der Waals surface area contributed by atoms with E-state index in [-0.39, 0.29) is 5.91 Å². The Morgan fingerprint density at radius 3 is 2.65 bits per heavy atom. The van der Waals surface area contributed by atoms with Gasteiger partial charge in [-0.1, -0.05) is 13.3 Å². The molecule has 1 aromatic carbocycles. The van der Waals surface area contributed by atoms with Gasteiger partial charge in [-0.25, -0.2) is 4.79 Å². The zero-order chi connectivity index (χ0) is 14.7. The number of hydrogen-bond acceptors (Lipinski definition) is 3. The molecule has 0 saturated carbocycles. The number of aliphatic carboxylic acids is 1. The Balaban J connectivity index is 2.25. The van der Waals surface area contributed by atoms with Crippen molar-refractivity contribution in [2.75, 3.05) is 13.7 Å². The minimum atomic E-state index is -0.943. The van der Waals surface area contributed by atoms with Crippen LogP contribution in [0.2, 0.25) is 0 Å². The average molecular weight is 277 g/mol. The molecule has 20 heavy (non-hydrogen) atoms. The van der Waals surface area contributed by atoms with Gasteiger partial charge in [-0.15, -0.1) is 0 Å². The summed E-state index contributed by atoms with van der Waals surface area (Å²) in [5.41, 5.74) is 1.53. The normalized spacial score (nSPS) is 17.5. The van der Waals surface area contributed by atoms with Gasteiger partial charge in [-0.05, 0) is 36.6 Å². The Labute approximate surface area is 118 Å². The van der Waals surface area contributed by atoms with Gasteiger partial charge in [0.25, 0.3) is 5.91 Å². The molecule has 5 nitrogen and oxygen atoms in total. The summed E-state index contributed by atoms with van der Waals surface area (Å²) in [5.74, 6) is -0.548. The van der Waals surface area contributed by atoms with Crippen molar-refractivity contribution in [3.63, 3.8) is 0 Å². The van der Waals surface area contributed by atoms with Gasteiger partial charge in [0.1, 0.15) is 11.8 Å². The van der Waals surface area contributed by atoms with Crippen LogP contribution >= 0.6 is 0 Å². The summed E-state index contributed by atoms with van der Waals surface area (Å²) in [6, 6.07) is 4.71. The lowest BCUT2D eigenvalue weighted by molar-refractivity contribution is -0.146. The number of hydrogen-bond donors (Lipinski definition) is 1. The van der Waals surface area contributed by atoms with Crippen LogP contribution in [0, 0.1) is 0 Å². The Kier molecular flexibility index (Phi) is 4.27. The predicted molar refractivity (Wildman–Crippen MR) is 74.1 cm³/mol. The second-order valence-electron chi connectivity index (χ2n) is 4.96. The van der Waals surface area contributed by atoms with Crippen LogP contribution in [0.15, 0.2) is 18.2 Å². The average Bonchev–Trinajstić information content (AvgIpc) is 2.36. The molecule has 1 amide bonds. The van der Waals surface area contributed by atoms with E-state index >= 15 is 0 Å². The molecule has 1 N–H and O–H groups in total. The molecular formula is C15H19NO4. The molecule has 1 atom stereocenters. The Hall–Kier alpha value is -2.04. The Morgan fingerprint density at radius 1 is 1.40 bits per heavy atom. The van der Waals surface area contributed by atoms with Crippen molar-refractivity contribution < 1.29 is 19.4 Å². The number of aryl methyl sites for hydroxylation is 1. The molecule has 1 aromatic rings. The molecule has 0 unspecified atom stereocenters. The number of carboxylic acid groups (broad SMARTS) is 1. The number of benzene rings is 1. The molecule has 1 aliphatic heterocycles.